The van der Waals surface area contributed by atoms with Gasteiger partial charge in [-0.05, 0) is 54.1 Å². The van der Waals surface area contributed by atoms with Crippen molar-refractivity contribution in [2.75, 3.05) is 13.2 Å². The number of hydrogen-bond acceptors (Lipinski definition) is 8. The maximum Gasteiger partial charge on any atom is 0.354 e. The predicted molar refractivity (Wildman–Crippen MR) is 155 cm³/mol. The zero-order chi connectivity index (χ0) is 28.4. The Morgan fingerprint density at radius 2 is 1.75 bits per heavy atom. The van der Waals surface area contributed by atoms with Crippen molar-refractivity contribution in [3.8, 4) is 11.5 Å². The van der Waals surface area contributed by atoms with Gasteiger partial charge in [0.25, 0.3) is 5.56 Å². The van der Waals surface area contributed by atoms with Crippen molar-refractivity contribution >= 4 is 56.8 Å². The van der Waals surface area contributed by atoms with Gasteiger partial charge in [0.05, 0.1) is 31.4 Å². The number of aliphatic hydroxyl groups excluding tert-OH is 2. The second kappa shape index (κ2) is 12.0. The van der Waals surface area contributed by atoms with E-state index in [-0.39, 0.29) is 42.0 Å². The molecule has 8 nitrogen and oxygen atoms in total. The minimum Gasteiger partial charge on any atom is -0.505 e. The first-order valence-electron chi connectivity index (χ1n) is 12.2. The Balaban J connectivity index is 1.58. The number of pyridine rings is 1. The summed E-state index contributed by atoms with van der Waals surface area (Å²) < 4.78 is 12.7. The van der Waals surface area contributed by atoms with Gasteiger partial charge in [0.2, 0.25) is 0 Å². The average Bonchev–Trinajstić information content (AvgIpc) is 2.93. The standard InChI is InChI=1S/C29H23Cl2NO7S/c30-17-2-1-3-21(12-17)40-27-25(35)24-26(39-29(27)37)22-9-6-18(31)13-23(22)32(28(24)36)14-16-4-7-20(8-5-16)38-11-10-19(34)15-33/h1-9,12-13,19,33-35H,10-11,14-15H2. The molecular formula is C29H23Cl2NO7S. The Bertz CT molecular complexity index is 1820. The van der Waals surface area contributed by atoms with Crippen LogP contribution in [0.5, 0.6) is 11.5 Å². The molecule has 1 unspecified atom stereocenters. The molecule has 0 radical (unpaired) electrons. The number of aliphatic hydroxyl groups is 2. The Labute approximate surface area is 242 Å². The van der Waals surface area contributed by atoms with Gasteiger partial charge in [-0.1, -0.05) is 53.2 Å². The zero-order valence-electron chi connectivity index (χ0n) is 20.8. The average molecular weight is 600 g/mol. The van der Waals surface area contributed by atoms with Crippen molar-refractivity contribution in [2.24, 2.45) is 0 Å². The van der Waals surface area contributed by atoms with Gasteiger partial charge in [-0.2, -0.15) is 0 Å². The van der Waals surface area contributed by atoms with Crippen molar-refractivity contribution in [3.05, 3.63) is 103 Å². The quantitative estimate of drug-likeness (QED) is 0.191. The van der Waals surface area contributed by atoms with Crippen LogP contribution >= 0.6 is 35.0 Å². The molecule has 3 aromatic carbocycles. The molecule has 0 fully saturated rings. The van der Waals surface area contributed by atoms with Crippen LogP contribution in [0.4, 0.5) is 0 Å². The number of benzene rings is 3. The van der Waals surface area contributed by atoms with E-state index >= 15 is 0 Å². The molecular weight excluding hydrogens is 577 g/mol. The zero-order valence-corrected chi connectivity index (χ0v) is 23.2. The van der Waals surface area contributed by atoms with Crippen LogP contribution in [0.2, 0.25) is 10.0 Å². The summed E-state index contributed by atoms with van der Waals surface area (Å²) in [5.74, 6) is 0.0930. The van der Waals surface area contributed by atoms with Crippen LogP contribution < -0.4 is 15.9 Å². The molecule has 11 heteroatoms. The molecule has 0 spiro atoms. The molecule has 40 heavy (non-hydrogen) atoms. The number of rotatable bonds is 9. The van der Waals surface area contributed by atoms with Gasteiger partial charge in [-0.15, -0.1) is 0 Å². The second-order valence-electron chi connectivity index (χ2n) is 9.00. The van der Waals surface area contributed by atoms with E-state index in [2.05, 4.69) is 0 Å². The van der Waals surface area contributed by atoms with E-state index in [4.69, 9.17) is 37.5 Å². The fourth-order valence-corrected chi connectivity index (χ4v) is 5.55. The van der Waals surface area contributed by atoms with Crippen LogP contribution in [0.3, 0.4) is 0 Å². The monoisotopic (exact) mass is 599 g/mol. The molecule has 0 aliphatic heterocycles. The number of fused-ring (bicyclic) bond motifs is 3. The van der Waals surface area contributed by atoms with Crippen molar-refractivity contribution in [2.45, 2.75) is 28.9 Å². The minimum absolute atomic E-state index is 0.0281. The van der Waals surface area contributed by atoms with Gasteiger partial charge in [0, 0.05) is 26.7 Å². The molecule has 1 atom stereocenters. The fraction of sp³-hybridized carbons (Fsp3) is 0.172. The van der Waals surface area contributed by atoms with Crippen molar-refractivity contribution in [1.82, 2.24) is 4.57 Å². The van der Waals surface area contributed by atoms with E-state index in [1.807, 2.05) is 0 Å². The van der Waals surface area contributed by atoms with Gasteiger partial charge >= 0.3 is 5.63 Å². The van der Waals surface area contributed by atoms with E-state index in [1.165, 1.54) is 4.57 Å². The van der Waals surface area contributed by atoms with Gasteiger partial charge in [-0.25, -0.2) is 4.79 Å². The maximum atomic E-state index is 13.8. The predicted octanol–water partition coefficient (Wildman–Crippen LogP) is 5.44. The molecule has 0 amide bonds. The number of aromatic hydroxyl groups is 1. The highest BCUT2D eigenvalue weighted by atomic mass is 35.5. The molecule has 0 bridgehead atoms. The van der Waals surface area contributed by atoms with Crippen molar-refractivity contribution in [1.29, 1.82) is 0 Å². The fourth-order valence-electron chi connectivity index (χ4n) is 4.23. The lowest BCUT2D eigenvalue weighted by Gasteiger charge is -2.15. The number of ether oxygens (including phenoxy) is 1. The molecule has 3 N–H and O–H groups in total. The third-order valence-corrected chi connectivity index (χ3v) is 7.75. The van der Waals surface area contributed by atoms with E-state index in [9.17, 15) is 19.8 Å². The SMILES string of the molecule is O=c1oc2c(c(O)c1Sc1cccc(Cl)c1)c(=O)n(Cc1ccc(OCCC(O)CO)cc1)c1cc(Cl)ccc21. The molecule has 206 valence electrons. The summed E-state index contributed by atoms with van der Waals surface area (Å²) in [5, 5.41) is 30.8. The lowest BCUT2D eigenvalue weighted by atomic mass is 10.1. The van der Waals surface area contributed by atoms with Crippen molar-refractivity contribution in [3.63, 3.8) is 0 Å². The van der Waals surface area contributed by atoms with E-state index < -0.39 is 23.0 Å². The first-order valence-corrected chi connectivity index (χ1v) is 13.8. The number of hydrogen-bond donors (Lipinski definition) is 3. The topological polar surface area (TPSA) is 122 Å². The number of aromatic nitrogens is 1. The summed E-state index contributed by atoms with van der Waals surface area (Å²) in [6.45, 7) is 0.0271. The van der Waals surface area contributed by atoms with Gasteiger partial charge < -0.3 is 29.0 Å². The molecule has 0 aliphatic carbocycles. The van der Waals surface area contributed by atoms with Crippen LogP contribution in [0, 0.1) is 0 Å². The molecule has 0 saturated carbocycles. The summed E-state index contributed by atoms with van der Waals surface area (Å²) in [4.78, 5) is 27.3. The molecule has 0 saturated heterocycles. The highest BCUT2D eigenvalue weighted by molar-refractivity contribution is 7.99. The van der Waals surface area contributed by atoms with Crippen LogP contribution in [0.25, 0.3) is 21.9 Å². The van der Waals surface area contributed by atoms with Gasteiger partial charge in [0.1, 0.15) is 16.0 Å². The number of nitrogens with zero attached hydrogens (tertiary/aromatic N) is 1. The highest BCUT2D eigenvalue weighted by Crippen LogP contribution is 2.38. The number of halogens is 2. The summed E-state index contributed by atoms with van der Waals surface area (Å²) in [5.41, 5.74) is -0.181. The third kappa shape index (κ3) is 5.84. The van der Waals surface area contributed by atoms with Crippen molar-refractivity contribution < 1.29 is 24.5 Å². The van der Waals surface area contributed by atoms with E-state index in [0.717, 1.165) is 17.3 Å². The molecule has 5 rings (SSSR count). The molecule has 2 aromatic heterocycles. The smallest absolute Gasteiger partial charge is 0.354 e. The van der Waals surface area contributed by atoms with Crippen LogP contribution in [-0.4, -0.2) is 39.2 Å². The Morgan fingerprint density at radius 3 is 2.48 bits per heavy atom. The Kier molecular flexibility index (Phi) is 8.39. The Hall–Kier alpha value is -3.47. The first kappa shape index (κ1) is 28.1. The summed E-state index contributed by atoms with van der Waals surface area (Å²) in [6.07, 6.45) is -0.557. The largest absolute Gasteiger partial charge is 0.505 e. The lowest BCUT2D eigenvalue weighted by molar-refractivity contribution is 0.0754. The Morgan fingerprint density at radius 1 is 1.00 bits per heavy atom. The maximum absolute atomic E-state index is 13.8. The van der Waals surface area contributed by atoms with E-state index in [1.54, 1.807) is 66.7 Å². The summed E-state index contributed by atoms with van der Waals surface area (Å²) >= 11 is 13.3. The summed E-state index contributed by atoms with van der Waals surface area (Å²) in [7, 11) is 0. The minimum atomic E-state index is -0.843. The third-order valence-electron chi connectivity index (χ3n) is 6.22. The first-order chi connectivity index (χ1) is 19.2. The van der Waals surface area contributed by atoms with Crippen LogP contribution in [0.1, 0.15) is 12.0 Å². The summed E-state index contributed by atoms with van der Waals surface area (Å²) in [6, 6.07) is 18.7. The molecule has 5 aromatic rings. The van der Waals surface area contributed by atoms with Gasteiger partial charge in [-0.3, -0.25) is 4.79 Å². The normalized spacial score (nSPS) is 12.2. The van der Waals surface area contributed by atoms with Gasteiger partial charge in [0.15, 0.2) is 11.3 Å². The van der Waals surface area contributed by atoms with Crippen LogP contribution in [0.15, 0.2) is 90.5 Å². The lowest BCUT2D eigenvalue weighted by Crippen LogP contribution is -2.23. The van der Waals surface area contributed by atoms with E-state index in [0.29, 0.717) is 31.6 Å². The second-order valence-corrected chi connectivity index (χ2v) is 11.0. The highest BCUT2D eigenvalue weighted by Gasteiger charge is 2.23. The molecule has 0 aliphatic rings. The van der Waals surface area contributed by atoms with Crippen LogP contribution in [-0.2, 0) is 6.54 Å². The molecule has 2 heterocycles.